The number of rotatable bonds is 4. The van der Waals surface area contributed by atoms with Crippen molar-refractivity contribution in [3.63, 3.8) is 0 Å². The number of para-hydroxylation sites is 2. The highest BCUT2D eigenvalue weighted by molar-refractivity contribution is 6.24. The first-order valence-electron chi connectivity index (χ1n) is 15.3. The van der Waals surface area contributed by atoms with Gasteiger partial charge in [-0.25, -0.2) is 4.98 Å². The van der Waals surface area contributed by atoms with Crippen LogP contribution in [0.3, 0.4) is 0 Å². The summed E-state index contributed by atoms with van der Waals surface area (Å²) in [6.45, 7) is 8.44. The first-order chi connectivity index (χ1) is 22.2. The Hall–Kier alpha value is -5.99. The number of fused-ring (bicyclic) bond motifs is 10. The van der Waals surface area contributed by atoms with Gasteiger partial charge < -0.3 is 0 Å². The van der Waals surface area contributed by atoms with Crippen LogP contribution < -0.4 is 0 Å². The highest BCUT2D eigenvalue weighted by Gasteiger charge is 2.18. The van der Waals surface area contributed by atoms with Crippen molar-refractivity contribution in [2.75, 3.05) is 0 Å². The summed E-state index contributed by atoms with van der Waals surface area (Å²) in [6, 6.07) is 48.1. The zero-order valence-electron chi connectivity index (χ0n) is 24.7. The van der Waals surface area contributed by atoms with Gasteiger partial charge in [-0.1, -0.05) is 116 Å². The van der Waals surface area contributed by atoms with Crippen molar-refractivity contribution in [2.45, 2.75) is 0 Å². The van der Waals surface area contributed by atoms with Gasteiger partial charge in [-0.2, -0.15) is 0 Å². The number of hydrogen-bond acceptors (Lipinski definition) is 1. The Morgan fingerprint density at radius 2 is 1.07 bits per heavy atom. The smallest absolute Gasteiger partial charge is 0.146 e. The molecule has 0 spiro atoms. The Kier molecular flexibility index (Phi) is 5.54. The SMILES string of the molecule is C=Cc1c(C=C)n2c3ccccc3nc2c2ccc(-c3cc4c5ccccc5c(-c5ccccc5)cc4c4ccccc34)cc12. The summed E-state index contributed by atoms with van der Waals surface area (Å²) in [5.74, 6) is 0. The average Bonchev–Trinajstić information content (AvgIpc) is 3.50. The van der Waals surface area contributed by atoms with Gasteiger partial charge in [-0.05, 0) is 102 Å². The molecule has 2 aromatic heterocycles. The van der Waals surface area contributed by atoms with Crippen molar-refractivity contribution in [3.8, 4) is 22.3 Å². The molecule has 0 radical (unpaired) electrons. The molecule has 0 amide bonds. The van der Waals surface area contributed by atoms with E-state index >= 15 is 0 Å². The molecule has 2 heteroatoms. The second-order valence-electron chi connectivity index (χ2n) is 11.6. The highest BCUT2D eigenvalue weighted by Crippen LogP contribution is 2.43. The quantitative estimate of drug-likeness (QED) is 0.192. The molecule has 45 heavy (non-hydrogen) atoms. The van der Waals surface area contributed by atoms with E-state index in [1.165, 1.54) is 49.0 Å². The third-order valence-corrected chi connectivity index (χ3v) is 9.30. The van der Waals surface area contributed by atoms with E-state index < -0.39 is 0 Å². The van der Waals surface area contributed by atoms with Crippen molar-refractivity contribution in [1.82, 2.24) is 9.38 Å². The number of nitrogens with zero attached hydrogens (tertiary/aromatic N) is 2. The highest BCUT2D eigenvalue weighted by atomic mass is 15.0. The van der Waals surface area contributed by atoms with Crippen LogP contribution in [0.4, 0.5) is 0 Å². The summed E-state index contributed by atoms with van der Waals surface area (Å²) < 4.78 is 2.21. The van der Waals surface area contributed by atoms with E-state index in [9.17, 15) is 0 Å². The van der Waals surface area contributed by atoms with Gasteiger partial charge in [-0.3, -0.25) is 4.40 Å². The van der Waals surface area contributed by atoms with E-state index in [4.69, 9.17) is 4.98 Å². The van der Waals surface area contributed by atoms with Crippen LogP contribution in [0.1, 0.15) is 11.3 Å². The normalized spacial score (nSPS) is 11.7. The summed E-state index contributed by atoms with van der Waals surface area (Å²) in [4.78, 5) is 5.07. The van der Waals surface area contributed by atoms with Gasteiger partial charge in [0.25, 0.3) is 0 Å². The van der Waals surface area contributed by atoms with Crippen LogP contribution in [-0.2, 0) is 0 Å². The monoisotopic (exact) mass is 572 g/mol. The minimum Gasteiger partial charge on any atom is -0.292 e. The Balaban J connectivity index is 1.39. The van der Waals surface area contributed by atoms with E-state index in [1.54, 1.807) is 0 Å². The molecule has 0 aliphatic carbocycles. The molecule has 0 saturated carbocycles. The maximum atomic E-state index is 5.07. The Morgan fingerprint density at radius 3 is 1.73 bits per heavy atom. The Morgan fingerprint density at radius 1 is 0.467 bits per heavy atom. The molecule has 9 rings (SSSR count). The van der Waals surface area contributed by atoms with Gasteiger partial charge in [0.15, 0.2) is 0 Å². The molecule has 0 aliphatic rings. The van der Waals surface area contributed by atoms with E-state index in [1.807, 2.05) is 18.2 Å². The molecule has 210 valence electrons. The second-order valence-corrected chi connectivity index (χ2v) is 11.6. The lowest BCUT2D eigenvalue weighted by atomic mass is 9.87. The summed E-state index contributed by atoms with van der Waals surface area (Å²) in [6.07, 6.45) is 3.88. The van der Waals surface area contributed by atoms with Crippen molar-refractivity contribution >= 4 is 71.9 Å². The summed E-state index contributed by atoms with van der Waals surface area (Å²) >= 11 is 0. The number of pyridine rings is 1. The Bertz CT molecular complexity index is 2680. The Labute approximate surface area is 260 Å². The third-order valence-electron chi connectivity index (χ3n) is 9.30. The summed E-state index contributed by atoms with van der Waals surface area (Å²) in [5, 5.41) is 9.73. The molecule has 0 aliphatic heterocycles. The standard InChI is InChI=1S/C43H28N2/c1-3-29-37-24-28(22-23-34(37)43-44-40-20-12-13-21-42(40)45(43)41(29)4-2)36-26-39-32-18-10-8-16-30(32)35(27-14-6-5-7-15-27)25-38(39)33-19-11-9-17-31(33)36/h3-26H,1-2H2. The van der Waals surface area contributed by atoms with E-state index in [2.05, 4.69) is 145 Å². The number of aromatic nitrogens is 2. The molecule has 2 heterocycles. The maximum Gasteiger partial charge on any atom is 0.146 e. The summed E-state index contributed by atoms with van der Waals surface area (Å²) in [5.41, 5.74) is 9.88. The largest absolute Gasteiger partial charge is 0.292 e. The first-order valence-corrected chi connectivity index (χ1v) is 15.3. The lowest BCUT2D eigenvalue weighted by Crippen LogP contribution is -1.98. The molecule has 0 atom stereocenters. The van der Waals surface area contributed by atoms with Gasteiger partial charge in [0.2, 0.25) is 0 Å². The van der Waals surface area contributed by atoms with Crippen LogP contribution in [0.2, 0.25) is 0 Å². The molecule has 0 N–H and O–H groups in total. The fourth-order valence-electron chi connectivity index (χ4n) is 7.30. The molecule has 7 aromatic carbocycles. The van der Waals surface area contributed by atoms with Crippen LogP contribution in [0.5, 0.6) is 0 Å². The van der Waals surface area contributed by atoms with Crippen molar-refractivity contribution in [1.29, 1.82) is 0 Å². The molecular weight excluding hydrogens is 544 g/mol. The van der Waals surface area contributed by atoms with Crippen LogP contribution in [-0.4, -0.2) is 9.38 Å². The fraction of sp³-hybridized carbons (Fsp3) is 0. The molecule has 0 unspecified atom stereocenters. The van der Waals surface area contributed by atoms with Gasteiger partial charge in [0.05, 0.1) is 16.7 Å². The number of hydrogen-bond donors (Lipinski definition) is 0. The molecule has 0 saturated heterocycles. The van der Waals surface area contributed by atoms with Gasteiger partial charge >= 0.3 is 0 Å². The van der Waals surface area contributed by atoms with Gasteiger partial charge in [0.1, 0.15) is 5.65 Å². The van der Waals surface area contributed by atoms with Crippen molar-refractivity contribution in [2.24, 2.45) is 0 Å². The zero-order chi connectivity index (χ0) is 30.1. The van der Waals surface area contributed by atoms with Crippen molar-refractivity contribution in [3.05, 3.63) is 158 Å². The number of benzene rings is 7. The average molecular weight is 573 g/mol. The molecule has 9 aromatic rings. The second kappa shape index (κ2) is 9.77. The predicted molar refractivity (Wildman–Crippen MR) is 194 cm³/mol. The molecule has 0 fully saturated rings. The fourth-order valence-corrected chi connectivity index (χ4v) is 7.30. The predicted octanol–water partition coefficient (Wildman–Crippen LogP) is 11.7. The van der Waals surface area contributed by atoms with Gasteiger partial charge in [0, 0.05) is 10.9 Å². The first kappa shape index (κ1) is 25.5. The molecule has 0 bridgehead atoms. The lowest BCUT2D eigenvalue weighted by molar-refractivity contribution is 1.21. The van der Waals surface area contributed by atoms with Crippen molar-refractivity contribution < 1.29 is 0 Å². The number of imidazole rings is 1. The van der Waals surface area contributed by atoms with E-state index in [0.717, 1.165) is 44.3 Å². The van der Waals surface area contributed by atoms with Crippen LogP contribution in [0.25, 0.3) is 94.2 Å². The zero-order valence-corrected chi connectivity index (χ0v) is 24.7. The molecular formula is C43H28N2. The van der Waals surface area contributed by atoms with E-state index in [0.29, 0.717) is 0 Å². The lowest BCUT2D eigenvalue weighted by Gasteiger charge is -2.17. The minimum absolute atomic E-state index is 0.932. The van der Waals surface area contributed by atoms with E-state index in [-0.39, 0.29) is 0 Å². The maximum absolute atomic E-state index is 5.07. The third kappa shape index (κ3) is 3.66. The van der Waals surface area contributed by atoms with Crippen LogP contribution in [0.15, 0.2) is 147 Å². The van der Waals surface area contributed by atoms with Crippen LogP contribution >= 0.6 is 0 Å². The summed E-state index contributed by atoms with van der Waals surface area (Å²) in [7, 11) is 0. The van der Waals surface area contributed by atoms with Crippen LogP contribution in [0, 0.1) is 0 Å². The minimum atomic E-state index is 0.932. The topological polar surface area (TPSA) is 17.3 Å². The molecule has 2 nitrogen and oxygen atoms in total. The van der Waals surface area contributed by atoms with Gasteiger partial charge in [-0.15, -0.1) is 0 Å².